The molecule has 1 fully saturated rings. The zero-order chi connectivity index (χ0) is 6.81. The van der Waals surface area contributed by atoms with Crippen LogP contribution in [0.4, 0.5) is 0 Å². The number of rotatable bonds is 1. The van der Waals surface area contributed by atoms with Crippen molar-refractivity contribution < 1.29 is 0 Å². The minimum absolute atomic E-state index is 0.801. The predicted molar refractivity (Wildman–Crippen MR) is 42.4 cm³/mol. The van der Waals surface area contributed by atoms with Gasteiger partial charge in [0.1, 0.15) is 0 Å². The summed E-state index contributed by atoms with van der Waals surface area (Å²) >= 11 is 0. The fourth-order valence-corrected chi connectivity index (χ4v) is 1.91. The molecule has 0 saturated carbocycles. The standard InChI is InChI=1S/C8H14N2/c1-3-9-5-7(1)8-2-4-10-6-8/h5,7-8,10H,1-4,6H2. The lowest BCUT2D eigenvalue weighted by atomic mass is 9.91. The van der Waals surface area contributed by atoms with E-state index in [1.807, 2.05) is 0 Å². The topological polar surface area (TPSA) is 24.4 Å². The SMILES string of the molecule is C1=NCCC1C1CCNC1. The molecule has 0 aromatic rings. The van der Waals surface area contributed by atoms with Crippen LogP contribution >= 0.6 is 0 Å². The van der Waals surface area contributed by atoms with Gasteiger partial charge in [0, 0.05) is 12.8 Å². The second-order valence-electron chi connectivity index (χ2n) is 3.26. The molecular weight excluding hydrogens is 124 g/mol. The Morgan fingerprint density at radius 1 is 1.40 bits per heavy atom. The van der Waals surface area contributed by atoms with E-state index < -0.39 is 0 Å². The summed E-state index contributed by atoms with van der Waals surface area (Å²) in [6.07, 6.45) is 4.82. The van der Waals surface area contributed by atoms with Gasteiger partial charge in [-0.15, -0.1) is 0 Å². The summed E-state index contributed by atoms with van der Waals surface area (Å²) < 4.78 is 0. The normalized spacial score (nSPS) is 39.2. The second-order valence-corrected chi connectivity index (χ2v) is 3.26. The van der Waals surface area contributed by atoms with Crippen LogP contribution in [0.5, 0.6) is 0 Å². The molecule has 2 aliphatic heterocycles. The van der Waals surface area contributed by atoms with Crippen molar-refractivity contribution in [2.75, 3.05) is 19.6 Å². The molecule has 0 aromatic carbocycles. The van der Waals surface area contributed by atoms with Crippen molar-refractivity contribution in [3.63, 3.8) is 0 Å². The van der Waals surface area contributed by atoms with E-state index >= 15 is 0 Å². The zero-order valence-corrected chi connectivity index (χ0v) is 6.21. The Hall–Kier alpha value is -0.370. The third kappa shape index (κ3) is 1.08. The lowest BCUT2D eigenvalue weighted by molar-refractivity contribution is 0.456. The van der Waals surface area contributed by atoms with Crippen molar-refractivity contribution in [2.24, 2.45) is 16.8 Å². The van der Waals surface area contributed by atoms with E-state index in [0.29, 0.717) is 0 Å². The Labute approximate surface area is 61.7 Å². The van der Waals surface area contributed by atoms with Crippen LogP contribution in [-0.4, -0.2) is 25.8 Å². The first-order valence-electron chi connectivity index (χ1n) is 4.17. The maximum Gasteiger partial charge on any atom is 0.0391 e. The first-order chi connectivity index (χ1) is 4.97. The lowest BCUT2D eigenvalue weighted by Gasteiger charge is -2.12. The highest BCUT2D eigenvalue weighted by molar-refractivity contribution is 5.63. The largest absolute Gasteiger partial charge is 0.316 e. The summed E-state index contributed by atoms with van der Waals surface area (Å²) in [5.41, 5.74) is 0. The van der Waals surface area contributed by atoms with Crippen LogP contribution in [0.15, 0.2) is 4.99 Å². The van der Waals surface area contributed by atoms with Gasteiger partial charge in [0.2, 0.25) is 0 Å². The highest BCUT2D eigenvalue weighted by Gasteiger charge is 2.24. The number of nitrogens with one attached hydrogen (secondary N) is 1. The molecule has 0 radical (unpaired) electrons. The number of hydrogen-bond donors (Lipinski definition) is 1. The van der Waals surface area contributed by atoms with Gasteiger partial charge >= 0.3 is 0 Å². The molecule has 0 aliphatic carbocycles. The van der Waals surface area contributed by atoms with E-state index in [9.17, 15) is 0 Å². The van der Waals surface area contributed by atoms with E-state index in [1.54, 1.807) is 0 Å². The Morgan fingerprint density at radius 2 is 2.40 bits per heavy atom. The Morgan fingerprint density at radius 3 is 3.00 bits per heavy atom. The van der Waals surface area contributed by atoms with Gasteiger partial charge in [-0.3, -0.25) is 4.99 Å². The van der Waals surface area contributed by atoms with Crippen LogP contribution in [0, 0.1) is 11.8 Å². The van der Waals surface area contributed by atoms with Gasteiger partial charge in [0.15, 0.2) is 0 Å². The number of aliphatic imine (C=N–C) groups is 1. The smallest absolute Gasteiger partial charge is 0.0391 e. The molecule has 0 amide bonds. The van der Waals surface area contributed by atoms with E-state index in [1.165, 1.54) is 25.9 Å². The molecule has 0 aromatic heterocycles. The van der Waals surface area contributed by atoms with Crippen LogP contribution < -0.4 is 5.32 Å². The van der Waals surface area contributed by atoms with Gasteiger partial charge < -0.3 is 5.32 Å². The summed E-state index contributed by atoms with van der Waals surface area (Å²) in [7, 11) is 0. The Kier molecular flexibility index (Phi) is 1.72. The molecule has 0 bridgehead atoms. The van der Waals surface area contributed by atoms with Crippen molar-refractivity contribution in [2.45, 2.75) is 12.8 Å². The average molecular weight is 138 g/mol. The number of hydrogen-bond acceptors (Lipinski definition) is 2. The second kappa shape index (κ2) is 2.70. The quantitative estimate of drug-likeness (QED) is 0.566. The molecule has 10 heavy (non-hydrogen) atoms. The van der Waals surface area contributed by atoms with Crippen molar-refractivity contribution in [3.8, 4) is 0 Å². The molecule has 1 saturated heterocycles. The van der Waals surface area contributed by atoms with Gasteiger partial charge in [-0.25, -0.2) is 0 Å². The van der Waals surface area contributed by atoms with Crippen LogP contribution in [0.3, 0.4) is 0 Å². The predicted octanol–water partition coefficient (Wildman–Crippen LogP) is 0.687. The summed E-state index contributed by atoms with van der Waals surface area (Å²) in [6, 6.07) is 0. The van der Waals surface area contributed by atoms with Crippen LogP contribution in [0.2, 0.25) is 0 Å². The molecule has 56 valence electrons. The molecule has 2 heteroatoms. The molecule has 2 heterocycles. The van der Waals surface area contributed by atoms with E-state index in [0.717, 1.165) is 18.4 Å². The maximum atomic E-state index is 4.26. The van der Waals surface area contributed by atoms with Gasteiger partial charge in [-0.1, -0.05) is 0 Å². The van der Waals surface area contributed by atoms with Crippen molar-refractivity contribution >= 4 is 6.21 Å². The Balaban J connectivity index is 1.91. The average Bonchev–Trinajstić information content (AvgIpc) is 2.59. The molecule has 1 N–H and O–H groups in total. The third-order valence-corrected chi connectivity index (χ3v) is 2.59. The summed E-state index contributed by atoms with van der Waals surface area (Å²) in [6.45, 7) is 3.51. The lowest BCUT2D eigenvalue weighted by Crippen LogP contribution is -2.17. The molecular formula is C8H14N2. The van der Waals surface area contributed by atoms with Crippen LogP contribution in [0.1, 0.15) is 12.8 Å². The third-order valence-electron chi connectivity index (χ3n) is 2.59. The van der Waals surface area contributed by atoms with E-state index in [-0.39, 0.29) is 0 Å². The maximum absolute atomic E-state index is 4.26. The first-order valence-corrected chi connectivity index (χ1v) is 4.17. The monoisotopic (exact) mass is 138 g/mol. The van der Waals surface area contributed by atoms with Gasteiger partial charge in [-0.05, 0) is 37.8 Å². The van der Waals surface area contributed by atoms with Gasteiger partial charge in [-0.2, -0.15) is 0 Å². The first kappa shape index (κ1) is 6.35. The van der Waals surface area contributed by atoms with Crippen molar-refractivity contribution in [3.05, 3.63) is 0 Å². The minimum Gasteiger partial charge on any atom is -0.316 e. The molecule has 0 spiro atoms. The summed E-state index contributed by atoms with van der Waals surface area (Å²) in [5, 5.41) is 3.39. The molecule has 2 unspecified atom stereocenters. The Bertz CT molecular complexity index is 136. The van der Waals surface area contributed by atoms with E-state index in [4.69, 9.17) is 0 Å². The fourth-order valence-electron chi connectivity index (χ4n) is 1.91. The van der Waals surface area contributed by atoms with Gasteiger partial charge in [0.05, 0.1) is 0 Å². The molecule has 2 rings (SSSR count). The highest BCUT2D eigenvalue weighted by Crippen LogP contribution is 2.23. The van der Waals surface area contributed by atoms with Crippen LogP contribution in [-0.2, 0) is 0 Å². The zero-order valence-electron chi connectivity index (χ0n) is 6.21. The van der Waals surface area contributed by atoms with Crippen molar-refractivity contribution in [1.29, 1.82) is 0 Å². The fraction of sp³-hybridized carbons (Fsp3) is 0.875. The van der Waals surface area contributed by atoms with E-state index in [2.05, 4.69) is 16.5 Å². The molecule has 2 nitrogen and oxygen atoms in total. The highest BCUT2D eigenvalue weighted by atomic mass is 14.9. The van der Waals surface area contributed by atoms with Crippen molar-refractivity contribution in [1.82, 2.24) is 5.32 Å². The van der Waals surface area contributed by atoms with Crippen LogP contribution in [0.25, 0.3) is 0 Å². The number of nitrogens with zero attached hydrogens (tertiary/aromatic N) is 1. The minimum atomic E-state index is 0.801. The summed E-state index contributed by atoms with van der Waals surface area (Å²) in [4.78, 5) is 4.26. The molecule has 2 aliphatic rings. The molecule has 2 atom stereocenters. The van der Waals surface area contributed by atoms with Gasteiger partial charge in [0.25, 0.3) is 0 Å². The summed E-state index contributed by atoms with van der Waals surface area (Å²) in [5.74, 6) is 1.70.